The minimum Gasteiger partial charge on any atom is -0.457 e. The van der Waals surface area contributed by atoms with Crippen molar-refractivity contribution in [3.63, 3.8) is 0 Å². The van der Waals surface area contributed by atoms with Gasteiger partial charge in [0.05, 0.1) is 5.39 Å². The second-order valence-corrected chi connectivity index (χ2v) is 9.64. The number of thiazole rings is 1. The van der Waals surface area contributed by atoms with Gasteiger partial charge in [0.25, 0.3) is 11.1 Å². The molecule has 0 bridgehead atoms. The summed E-state index contributed by atoms with van der Waals surface area (Å²) in [5.74, 6) is 0.778. The fraction of sp³-hybridized carbons (Fsp3) is 0.174. The van der Waals surface area contributed by atoms with Crippen LogP contribution in [0.4, 0.5) is 4.39 Å². The molecule has 4 heterocycles. The van der Waals surface area contributed by atoms with E-state index in [4.69, 9.17) is 4.42 Å². The van der Waals surface area contributed by atoms with Gasteiger partial charge in [-0.25, -0.2) is 8.79 Å². The Bertz CT molecular complexity index is 1640. The Kier molecular flexibility index (Phi) is 4.19. The highest BCUT2D eigenvalue weighted by molar-refractivity contribution is 7.19. The summed E-state index contributed by atoms with van der Waals surface area (Å²) in [7, 11) is 0. The normalized spacial score (nSPS) is 14.5. The van der Waals surface area contributed by atoms with Gasteiger partial charge in [0.15, 0.2) is 0 Å². The van der Waals surface area contributed by atoms with Gasteiger partial charge < -0.3 is 4.42 Å². The van der Waals surface area contributed by atoms with E-state index in [0.29, 0.717) is 31.2 Å². The van der Waals surface area contributed by atoms with Gasteiger partial charge in [0, 0.05) is 16.5 Å². The van der Waals surface area contributed by atoms with E-state index in [1.165, 1.54) is 28.3 Å². The summed E-state index contributed by atoms with van der Waals surface area (Å²) in [5, 5.41) is 0.607. The maximum atomic E-state index is 13.2. The smallest absolute Gasteiger partial charge is 0.282 e. The molecule has 0 atom stereocenters. The first-order valence-electron chi connectivity index (χ1n) is 9.96. The molecule has 0 amide bonds. The SMILES string of the molecule is O=c1nc2sc(=Cc3ccc(-c4ccc(F)cc4)o3)c(=O)n2c2sc3c(c12)CCCC3. The number of rotatable bonds is 2. The molecule has 5 aromatic rings. The molecule has 0 spiro atoms. The first-order chi connectivity index (χ1) is 15.1. The molecule has 6 rings (SSSR count). The number of benzene rings is 1. The van der Waals surface area contributed by atoms with Crippen molar-refractivity contribution in [2.45, 2.75) is 25.7 Å². The quantitative estimate of drug-likeness (QED) is 0.405. The van der Waals surface area contributed by atoms with Crippen LogP contribution >= 0.6 is 22.7 Å². The van der Waals surface area contributed by atoms with Gasteiger partial charge in [-0.3, -0.25) is 9.59 Å². The fourth-order valence-electron chi connectivity index (χ4n) is 4.13. The summed E-state index contributed by atoms with van der Waals surface area (Å²) in [6.45, 7) is 0. The van der Waals surface area contributed by atoms with E-state index < -0.39 is 0 Å². The third-order valence-corrected chi connectivity index (χ3v) is 7.85. The molecule has 0 fully saturated rings. The molecule has 0 aliphatic heterocycles. The lowest BCUT2D eigenvalue weighted by Crippen LogP contribution is -2.24. The van der Waals surface area contributed by atoms with E-state index in [1.807, 2.05) is 0 Å². The van der Waals surface area contributed by atoms with E-state index >= 15 is 0 Å². The number of fused-ring (bicyclic) bond motifs is 5. The third-order valence-electron chi connectivity index (χ3n) is 5.60. The molecule has 0 saturated heterocycles. The molecule has 0 saturated carbocycles. The first-order valence-corrected chi connectivity index (χ1v) is 11.6. The van der Waals surface area contributed by atoms with Gasteiger partial charge in [-0.05, 0) is 67.6 Å². The van der Waals surface area contributed by atoms with Crippen molar-refractivity contribution in [2.75, 3.05) is 0 Å². The zero-order valence-electron chi connectivity index (χ0n) is 16.2. The van der Waals surface area contributed by atoms with Gasteiger partial charge in [-0.2, -0.15) is 4.98 Å². The van der Waals surface area contributed by atoms with Gasteiger partial charge >= 0.3 is 0 Å². The summed E-state index contributed by atoms with van der Waals surface area (Å²) in [5.41, 5.74) is 1.37. The number of aromatic nitrogens is 2. The summed E-state index contributed by atoms with van der Waals surface area (Å²) in [4.78, 5) is 32.4. The number of halogens is 1. The molecule has 5 nitrogen and oxygen atoms in total. The van der Waals surface area contributed by atoms with Gasteiger partial charge in [0.2, 0.25) is 4.96 Å². The van der Waals surface area contributed by atoms with Gasteiger partial charge in [-0.1, -0.05) is 11.3 Å². The molecule has 8 heteroatoms. The third kappa shape index (κ3) is 2.97. The summed E-state index contributed by atoms with van der Waals surface area (Å²) < 4.78 is 21.0. The van der Waals surface area contributed by atoms with E-state index in [-0.39, 0.29) is 16.9 Å². The number of hydrogen-bond donors (Lipinski definition) is 0. The summed E-state index contributed by atoms with van der Waals surface area (Å²) in [6, 6.07) is 9.57. The number of aryl methyl sites for hydroxylation is 2. The predicted octanol–water partition coefficient (Wildman–Crippen LogP) is 4.16. The first kappa shape index (κ1) is 18.7. The average Bonchev–Trinajstić information content (AvgIpc) is 3.45. The van der Waals surface area contributed by atoms with Crippen molar-refractivity contribution in [3.8, 4) is 11.3 Å². The lowest BCUT2D eigenvalue weighted by atomic mass is 9.97. The highest BCUT2D eigenvalue weighted by Gasteiger charge is 2.22. The molecule has 0 unspecified atom stereocenters. The lowest BCUT2D eigenvalue weighted by molar-refractivity contribution is 0.571. The van der Waals surface area contributed by atoms with E-state index in [9.17, 15) is 14.0 Å². The van der Waals surface area contributed by atoms with Crippen LogP contribution in [0.5, 0.6) is 0 Å². The Morgan fingerprint density at radius 2 is 1.84 bits per heavy atom. The van der Waals surface area contributed by atoms with Gasteiger partial charge in [-0.15, -0.1) is 11.3 Å². The zero-order valence-corrected chi connectivity index (χ0v) is 17.8. The molecule has 0 radical (unpaired) electrons. The van der Waals surface area contributed by atoms with Crippen LogP contribution in [0.15, 0.2) is 50.4 Å². The van der Waals surface area contributed by atoms with Crippen molar-refractivity contribution in [1.29, 1.82) is 0 Å². The predicted molar refractivity (Wildman–Crippen MR) is 121 cm³/mol. The monoisotopic (exact) mass is 450 g/mol. The van der Waals surface area contributed by atoms with Crippen LogP contribution in [-0.2, 0) is 12.8 Å². The van der Waals surface area contributed by atoms with Crippen LogP contribution in [0.1, 0.15) is 29.0 Å². The second-order valence-electron chi connectivity index (χ2n) is 7.55. The molecule has 1 aliphatic carbocycles. The standard InChI is InChI=1S/C23H15FN2O3S2/c24-13-7-5-12(6-8-13)16-10-9-14(29-16)11-18-21(28)26-22-19(20(27)25-23(26)31-18)15-3-1-2-4-17(15)30-22/h5-11H,1-4H2. The maximum absolute atomic E-state index is 13.2. The number of hydrogen-bond acceptors (Lipinski definition) is 6. The van der Waals surface area contributed by atoms with Crippen LogP contribution in [0.25, 0.3) is 32.6 Å². The molecule has 1 aromatic carbocycles. The summed E-state index contributed by atoms with van der Waals surface area (Å²) in [6.07, 6.45) is 5.65. The van der Waals surface area contributed by atoms with Crippen molar-refractivity contribution in [1.82, 2.24) is 9.38 Å². The fourth-order valence-corrected chi connectivity index (χ4v) is 6.51. The lowest BCUT2D eigenvalue weighted by Gasteiger charge is -2.09. The van der Waals surface area contributed by atoms with Crippen molar-refractivity contribution >= 4 is 43.9 Å². The topological polar surface area (TPSA) is 64.6 Å². The molecule has 31 heavy (non-hydrogen) atoms. The highest BCUT2D eigenvalue weighted by atomic mass is 32.1. The molecular weight excluding hydrogens is 435 g/mol. The van der Waals surface area contributed by atoms with E-state index in [0.717, 1.165) is 36.8 Å². The van der Waals surface area contributed by atoms with Crippen LogP contribution in [0.3, 0.4) is 0 Å². The van der Waals surface area contributed by atoms with Crippen LogP contribution in [0, 0.1) is 5.82 Å². The van der Waals surface area contributed by atoms with E-state index in [1.54, 1.807) is 46.1 Å². The summed E-state index contributed by atoms with van der Waals surface area (Å²) >= 11 is 2.72. The Labute approximate surface area is 182 Å². The average molecular weight is 451 g/mol. The number of thiophene rings is 1. The highest BCUT2D eigenvalue weighted by Crippen LogP contribution is 2.34. The Morgan fingerprint density at radius 1 is 1.03 bits per heavy atom. The van der Waals surface area contributed by atoms with Gasteiger partial charge in [0.1, 0.15) is 26.7 Å². The molecule has 1 aliphatic rings. The van der Waals surface area contributed by atoms with Crippen molar-refractivity contribution in [2.24, 2.45) is 0 Å². The Morgan fingerprint density at radius 3 is 2.68 bits per heavy atom. The second kappa shape index (κ2) is 6.96. The minimum atomic E-state index is -0.313. The largest absolute Gasteiger partial charge is 0.457 e. The molecule has 0 N–H and O–H groups in total. The van der Waals surface area contributed by atoms with Crippen LogP contribution < -0.4 is 15.7 Å². The number of furan rings is 1. The van der Waals surface area contributed by atoms with Crippen molar-refractivity contribution in [3.05, 3.63) is 83.7 Å². The molecule has 154 valence electrons. The van der Waals surface area contributed by atoms with Crippen molar-refractivity contribution < 1.29 is 8.81 Å². The van der Waals surface area contributed by atoms with Crippen LogP contribution in [0.2, 0.25) is 0 Å². The van der Waals surface area contributed by atoms with Crippen LogP contribution in [-0.4, -0.2) is 9.38 Å². The molecular formula is C23H15FN2O3S2. The maximum Gasteiger partial charge on any atom is 0.282 e. The minimum absolute atomic E-state index is 0.198. The number of nitrogens with zero attached hydrogens (tertiary/aromatic N) is 2. The zero-order chi connectivity index (χ0) is 21.1. The molecule has 4 aromatic heterocycles. The Hall–Kier alpha value is -3.10. The Balaban J connectivity index is 1.52. The van der Waals surface area contributed by atoms with E-state index in [2.05, 4.69) is 4.98 Å².